The van der Waals surface area contributed by atoms with Gasteiger partial charge in [-0.05, 0) is 18.1 Å². The van der Waals surface area contributed by atoms with E-state index in [1.165, 1.54) is 7.11 Å². The van der Waals surface area contributed by atoms with E-state index < -0.39 is 14.1 Å². The normalized spacial score (nSPS) is 12.4. The molecule has 1 aromatic heterocycles. The fraction of sp³-hybridized carbons (Fsp3) is 0.636. The van der Waals surface area contributed by atoms with Crippen LogP contribution in [0.1, 0.15) is 20.8 Å². The average molecular weight is 273 g/mol. The van der Waals surface area contributed by atoms with Crippen LogP contribution in [0, 0.1) is 5.82 Å². The van der Waals surface area contributed by atoms with Gasteiger partial charge in [0.1, 0.15) is 0 Å². The Kier molecular flexibility index (Phi) is 4.28. The van der Waals surface area contributed by atoms with Gasteiger partial charge in [0.05, 0.1) is 13.3 Å². The first-order valence-electron chi connectivity index (χ1n) is 5.68. The third kappa shape index (κ3) is 3.39. The number of anilines is 1. The van der Waals surface area contributed by atoms with Gasteiger partial charge < -0.3 is 9.26 Å². The van der Waals surface area contributed by atoms with Crippen LogP contribution in [0.2, 0.25) is 18.1 Å². The van der Waals surface area contributed by atoms with Crippen LogP contribution in [0.25, 0.3) is 0 Å². The Morgan fingerprint density at radius 3 is 2.44 bits per heavy atom. The fourth-order valence-electron chi connectivity index (χ4n) is 0.850. The number of nitrogens with zero attached hydrogens (tertiary/aromatic N) is 2. The zero-order valence-electron chi connectivity index (χ0n) is 11.7. The molecule has 1 rings (SSSR count). The predicted octanol–water partition coefficient (Wildman–Crippen LogP) is 2.97. The molecule has 0 aliphatic carbocycles. The van der Waals surface area contributed by atoms with Crippen molar-refractivity contribution in [1.82, 2.24) is 9.97 Å². The fourth-order valence-corrected chi connectivity index (χ4v) is 1.51. The smallest absolute Gasteiger partial charge is 0.318 e. The molecule has 18 heavy (non-hydrogen) atoms. The minimum Gasteiger partial charge on any atom is -0.467 e. The van der Waals surface area contributed by atoms with Gasteiger partial charge in [-0.3, -0.25) is 5.48 Å². The Morgan fingerprint density at radius 1 is 1.33 bits per heavy atom. The summed E-state index contributed by atoms with van der Waals surface area (Å²) in [5, 5.41) is 0.0214. The van der Waals surface area contributed by atoms with Crippen LogP contribution in [-0.4, -0.2) is 25.4 Å². The Balaban J connectivity index is 2.80. The van der Waals surface area contributed by atoms with E-state index in [0.29, 0.717) is 0 Å². The number of nitrogens with one attached hydrogen (secondary N) is 1. The van der Waals surface area contributed by atoms with Gasteiger partial charge in [0.2, 0.25) is 8.32 Å². The van der Waals surface area contributed by atoms with Gasteiger partial charge in [-0.25, -0.2) is 9.37 Å². The quantitative estimate of drug-likeness (QED) is 0.675. The van der Waals surface area contributed by atoms with Crippen molar-refractivity contribution >= 4 is 14.1 Å². The highest BCUT2D eigenvalue weighted by Crippen LogP contribution is 2.36. The average Bonchev–Trinajstić information content (AvgIpc) is 2.26. The second-order valence-electron chi connectivity index (χ2n) is 5.52. The lowest BCUT2D eigenvalue weighted by Gasteiger charge is -2.35. The zero-order valence-corrected chi connectivity index (χ0v) is 12.7. The summed E-state index contributed by atoms with van der Waals surface area (Å²) in [5.41, 5.74) is 2.59. The maximum atomic E-state index is 13.5. The molecular formula is C11H20FN3O2Si. The van der Waals surface area contributed by atoms with Crippen LogP contribution in [0.3, 0.4) is 0 Å². The van der Waals surface area contributed by atoms with Gasteiger partial charge in [0, 0.05) is 0 Å². The van der Waals surface area contributed by atoms with E-state index in [-0.39, 0.29) is 16.9 Å². The van der Waals surface area contributed by atoms with Crippen LogP contribution < -0.4 is 10.2 Å². The Bertz CT molecular complexity index is 421. The number of ether oxygens (including phenoxy) is 1. The van der Waals surface area contributed by atoms with Crippen LogP contribution in [0.4, 0.5) is 10.2 Å². The molecule has 0 spiro atoms. The van der Waals surface area contributed by atoms with Crippen molar-refractivity contribution in [1.29, 1.82) is 0 Å². The molecule has 7 heteroatoms. The molecule has 0 saturated carbocycles. The number of halogens is 1. The molecule has 1 N–H and O–H groups in total. The number of hydrogen-bond acceptors (Lipinski definition) is 5. The molecule has 1 aromatic rings. The Labute approximate surface area is 108 Å². The summed E-state index contributed by atoms with van der Waals surface area (Å²) >= 11 is 0. The SMILES string of the molecule is COc1ncc(F)c(NO[Si](C)(C)C(C)(C)C)n1. The van der Waals surface area contributed by atoms with Crippen molar-refractivity contribution in [3.8, 4) is 6.01 Å². The molecule has 102 valence electrons. The van der Waals surface area contributed by atoms with E-state index >= 15 is 0 Å². The summed E-state index contributed by atoms with van der Waals surface area (Å²) in [7, 11) is -0.595. The highest BCUT2D eigenvalue weighted by Gasteiger charge is 2.38. The van der Waals surface area contributed by atoms with Gasteiger partial charge in [-0.1, -0.05) is 20.8 Å². The minimum absolute atomic E-state index is 0.00771. The lowest BCUT2D eigenvalue weighted by molar-refractivity contribution is 0.349. The molecule has 0 radical (unpaired) electrons. The number of methoxy groups -OCH3 is 1. The zero-order chi connectivity index (χ0) is 14.0. The highest BCUT2D eigenvalue weighted by molar-refractivity contribution is 6.74. The van der Waals surface area contributed by atoms with Crippen molar-refractivity contribution < 1.29 is 13.7 Å². The summed E-state index contributed by atoms with van der Waals surface area (Å²) < 4.78 is 24.0. The second-order valence-corrected chi connectivity index (χ2v) is 10.2. The van der Waals surface area contributed by atoms with Gasteiger partial charge >= 0.3 is 6.01 Å². The first kappa shape index (κ1) is 14.8. The number of aromatic nitrogens is 2. The van der Waals surface area contributed by atoms with Crippen molar-refractivity contribution in [2.45, 2.75) is 38.9 Å². The first-order chi connectivity index (χ1) is 8.17. The summed E-state index contributed by atoms with van der Waals surface area (Å²) in [6.07, 6.45) is 1.04. The van der Waals surface area contributed by atoms with Crippen LogP contribution in [0.5, 0.6) is 6.01 Å². The molecule has 0 amide bonds. The maximum absolute atomic E-state index is 13.5. The second kappa shape index (κ2) is 5.19. The van der Waals surface area contributed by atoms with Gasteiger partial charge in [-0.15, -0.1) is 0 Å². The van der Waals surface area contributed by atoms with Crippen molar-refractivity contribution in [2.24, 2.45) is 0 Å². The Hall–Kier alpha value is -1.21. The van der Waals surface area contributed by atoms with Crippen molar-refractivity contribution in [2.75, 3.05) is 12.6 Å². The third-order valence-electron chi connectivity index (χ3n) is 3.11. The minimum atomic E-state index is -2.02. The van der Waals surface area contributed by atoms with E-state index in [0.717, 1.165) is 6.20 Å². The van der Waals surface area contributed by atoms with E-state index in [4.69, 9.17) is 9.26 Å². The topological polar surface area (TPSA) is 56.3 Å². The molecule has 5 nitrogen and oxygen atoms in total. The summed E-state index contributed by atoms with van der Waals surface area (Å²) in [5.74, 6) is -0.582. The van der Waals surface area contributed by atoms with E-state index in [9.17, 15) is 4.39 Å². The molecule has 0 atom stereocenters. The van der Waals surface area contributed by atoms with Crippen molar-refractivity contribution in [3.63, 3.8) is 0 Å². The monoisotopic (exact) mass is 273 g/mol. The van der Waals surface area contributed by atoms with E-state index in [1.54, 1.807) is 0 Å². The van der Waals surface area contributed by atoms with Crippen LogP contribution >= 0.6 is 0 Å². The number of hydrogen-bond donors (Lipinski definition) is 1. The lowest BCUT2D eigenvalue weighted by Crippen LogP contribution is -2.42. The van der Waals surface area contributed by atoms with Crippen LogP contribution in [0.15, 0.2) is 6.20 Å². The van der Waals surface area contributed by atoms with Gasteiger partial charge in [-0.2, -0.15) is 4.98 Å². The third-order valence-corrected chi connectivity index (χ3v) is 7.34. The molecule has 0 aromatic carbocycles. The number of rotatable bonds is 4. The molecule has 0 aliphatic heterocycles. The molecular weight excluding hydrogens is 253 g/mol. The summed E-state index contributed by atoms with van der Waals surface area (Å²) in [4.78, 5) is 7.51. The highest BCUT2D eigenvalue weighted by atomic mass is 28.4. The molecule has 0 aliphatic rings. The van der Waals surface area contributed by atoms with E-state index in [2.05, 4.69) is 49.3 Å². The standard InChI is InChI=1S/C11H20FN3O2Si/c1-11(2,3)18(5,6)17-15-9-8(12)7-13-10(14-9)16-4/h7H,1-6H3,(H,13,14,15). The molecule has 0 saturated heterocycles. The first-order valence-corrected chi connectivity index (χ1v) is 8.59. The molecule has 0 unspecified atom stereocenters. The van der Waals surface area contributed by atoms with Gasteiger partial charge in [0.25, 0.3) is 0 Å². The van der Waals surface area contributed by atoms with Crippen LogP contribution in [-0.2, 0) is 4.53 Å². The summed E-state index contributed by atoms with van der Waals surface area (Å²) in [6.45, 7) is 10.4. The molecule has 0 fully saturated rings. The molecule has 0 bridgehead atoms. The van der Waals surface area contributed by atoms with Crippen molar-refractivity contribution in [3.05, 3.63) is 12.0 Å². The molecule has 1 heterocycles. The maximum Gasteiger partial charge on any atom is 0.318 e. The lowest BCUT2D eigenvalue weighted by atomic mass is 10.2. The predicted molar refractivity (Wildman–Crippen MR) is 70.4 cm³/mol. The van der Waals surface area contributed by atoms with Gasteiger partial charge in [0.15, 0.2) is 11.6 Å². The summed E-state index contributed by atoms with van der Waals surface area (Å²) in [6, 6.07) is 0.0951. The Morgan fingerprint density at radius 2 is 1.94 bits per heavy atom. The largest absolute Gasteiger partial charge is 0.467 e. The van der Waals surface area contributed by atoms with E-state index in [1.807, 2.05) is 0 Å².